The second kappa shape index (κ2) is 8.24. The van der Waals surface area contributed by atoms with Crippen LogP contribution in [0.15, 0.2) is 47.9 Å². The van der Waals surface area contributed by atoms with Crippen molar-refractivity contribution in [1.82, 2.24) is 0 Å². The Kier molecular flexibility index (Phi) is 5.99. The van der Waals surface area contributed by atoms with Gasteiger partial charge in [-0.2, -0.15) is 0 Å². The van der Waals surface area contributed by atoms with Crippen molar-refractivity contribution in [1.29, 1.82) is 0 Å². The van der Waals surface area contributed by atoms with Gasteiger partial charge >= 0.3 is 0 Å². The number of thiophene rings is 1. The summed E-state index contributed by atoms with van der Waals surface area (Å²) in [5.74, 6) is 0.593. The molecule has 0 aliphatic heterocycles. The summed E-state index contributed by atoms with van der Waals surface area (Å²) >= 11 is 1.59. The Morgan fingerprint density at radius 3 is 2.71 bits per heavy atom. The molecule has 0 saturated heterocycles. The Balaban J connectivity index is 1.83. The van der Waals surface area contributed by atoms with E-state index in [9.17, 15) is 4.79 Å². The zero-order chi connectivity index (χ0) is 14.9. The Labute approximate surface area is 128 Å². The average Bonchev–Trinajstić information content (AvgIpc) is 3.01. The van der Waals surface area contributed by atoms with Gasteiger partial charge in [-0.1, -0.05) is 6.07 Å². The molecule has 0 aliphatic rings. The Bertz CT molecular complexity index is 576. The zero-order valence-electron chi connectivity index (χ0n) is 11.7. The minimum absolute atomic E-state index is 0.156. The van der Waals surface area contributed by atoms with E-state index in [0.717, 1.165) is 16.3 Å². The number of carbonyl (C=O) groups is 1. The van der Waals surface area contributed by atoms with Crippen LogP contribution in [-0.4, -0.2) is 26.2 Å². The molecule has 21 heavy (non-hydrogen) atoms. The Morgan fingerprint density at radius 1 is 1.24 bits per heavy atom. The maximum absolute atomic E-state index is 11.8. The van der Waals surface area contributed by atoms with Crippen molar-refractivity contribution in [2.75, 3.05) is 25.6 Å². The molecule has 0 radical (unpaired) electrons. The molecule has 0 aliphatic carbocycles. The van der Waals surface area contributed by atoms with Crippen LogP contribution >= 0.6 is 11.3 Å². The molecule has 1 amide bonds. The SMILES string of the molecule is COCCOc1ccc(NC(=O)/C=C/c2cccs2)cc1. The molecule has 110 valence electrons. The maximum atomic E-state index is 11.8. The van der Waals surface area contributed by atoms with Crippen LogP contribution in [0.2, 0.25) is 0 Å². The predicted octanol–water partition coefficient (Wildman–Crippen LogP) is 3.43. The highest BCUT2D eigenvalue weighted by atomic mass is 32.1. The van der Waals surface area contributed by atoms with Crippen LogP contribution < -0.4 is 10.1 Å². The number of rotatable bonds is 7. The van der Waals surface area contributed by atoms with Gasteiger partial charge in [0.2, 0.25) is 5.91 Å². The number of hydrogen-bond acceptors (Lipinski definition) is 4. The van der Waals surface area contributed by atoms with E-state index < -0.39 is 0 Å². The third-order valence-corrected chi connectivity index (χ3v) is 3.46. The molecule has 4 nitrogen and oxygen atoms in total. The van der Waals surface area contributed by atoms with Crippen LogP contribution in [0, 0.1) is 0 Å². The molecule has 1 aromatic heterocycles. The third-order valence-electron chi connectivity index (χ3n) is 2.62. The van der Waals surface area contributed by atoms with Crippen LogP contribution in [0.4, 0.5) is 5.69 Å². The number of nitrogens with one attached hydrogen (secondary N) is 1. The molecule has 2 rings (SSSR count). The third kappa shape index (κ3) is 5.41. The molecule has 2 aromatic rings. The quantitative estimate of drug-likeness (QED) is 0.630. The minimum Gasteiger partial charge on any atom is -0.491 e. The molecule has 0 atom stereocenters. The number of carbonyl (C=O) groups excluding carboxylic acids is 1. The van der Waals surface area contributed by atoms with Crippen molar-refractivity contribution in [2.24, 2.45) is 0 Å². The Morgan fingerprint density at radius 2 is 2.05 bits per heavy atom. The van der Waals surface area contributed by atoms with Crippen LogP contribution in [0.5, 0.6) is 5.75 Å². The first-order valence-corrected chi connectivity index (χ1v) is 7.40. The molecule has 5 heteroatoms. The summed E-state index contributed by atoms with van der Waals surface area (Å²) in [7, 11) is 1.63. The van der Waals surface area contributed by atoms with E-state index >= 15 is 0 Å². The van der Waals surface area contributed by atoms with Gasteiger partial charge in [0.05, 0.1) is 6.61 Å². The lowest BCUT2D eigenvalue weighted by Crippen LogP contribution is -2.08. The van der Waals surface area contributed by atoms with E-state index in [4.69, 9.17) is 9.47 Å². The molecule has 0 saturated carbocycles. The number of anilines is 1. The number of benzene rings is 1. The normalized spacial score (nSPS) is 10.7. The highest BCUT2D eigenvalue weighted by molar-refractivity contribution is 7.10. The smallest absolute Gasteiger partial charge is 0.248 e. The molecule has 0 spiro atoms. The number of ether oxygens (including phenoxy) is 2. The lowest BCUT2D eigenvalue weighted by atomic mass is 10.3. The van der Waals surface area contributed by atoms with Crippen molar-refractivity contribution in [3.05, 3.63) is 52.7 Å². The van der Waals surface area contributed by atoms with Gasteiger partial charge in [0, 0.05) is 23.8 Å². The molecular weight excluding hydrogens is 286 g/mol. The van der Waals surface area contributed by atoms with Crippen LogP contribution in [0.3, 0.4) is 0 Å². The second-order valence-electron chi connectivity index (χ2n) is 4.20. The van der Waals surface area contributed by atoms with Crippen LogP contribution in [0.1, 0.15) is 4.88 Å². The van der Waals surface area contributed by atoms with Crippen molar-refractivity contribution >= 4 is 29.0 Å². The summed E-state index contributed by atoms with van der Waals surface area (Å²) in [6, 6.07) is 11.1. The first kappa shape index (κ1) is 15.3. The van der Waals surface area contributed by atoms with Gasteiger partial charge in [-0.05, 0) is 41.8 Å². The van der Waals surface area contributed by atoms with E-state index in [0.29, 0.717) is 13.2 Å². The van der Waals surface area contributed by atoms with E-state index in [1.807, 2.05) is 29.6 Å². The molecule has 1 aromatic carbocycles. The van der Waals surface area contributed by atoms with Gasteiger partial charge in [-0.3, -0.25) is 4.79 Å². The van der Waals surface area contributed by atoms with Gasteiger partial charge in [-0.15, -0.1) is 11.3 Å². The summed E-state index contributed by atoms with van der Waals surface area (Å²) in [6.07, 6.45) is 3.32. The number of hydrogen-bond donors (Lipinski definition) is 1. The fourth-order valence-corrected chi connectivity index (χ4v) is 2.22. The van der Waals surface area contributed by atoms with Crippen molar-refractivity contribution in [3.8, 4) is 5.75 Å². The van der Waals surface area contributed by atoms with Gasteiger partial charge in [0.15, 0.2) is 0 Å². The predicted molar refractivity (Wildman–Crippen MR) is 85.8 cm³/mol. The fraction of sp³-hybridized carbons (Fsp3) is 0.188. The molecule has 0 unspecified atom stereocenters. The van der Waals surface area contributed by atoms with Crippen molar-refractivity contribution < 1.29 is 14.3 Å². The first-order valence-electron chi connectivity index (χ1n) is 6.52. The van der Waals surface area contributed by atoms with Crippen LogP contribution in [-0.2, 0) is 9.53 Å². The molecular formula is C16H17NO3S. The highest BCUT2D eigenvalue weighted by Crippen LogP contribution is 2.16. The van der Waals surface area contributed by atoms with Gasteiger partial charge < -0.3 is 14.8 Å². The first-order chi connectivity index (χ1) is 10.3. The molecule has 1 N–H and O–H groups in total. The zero-order valence-corrected chi connectivity index (χ0v) is 12.6. The second-order valence-corrected chi connectivity index (χ2v) is 5.18. The van der Waals surface area contributed by atoms with Gasteiger partial charge in [-0.25, -0.2) is 0 Å². The number of amides is 1. The largest absolute Gasteiger partial charge is 0.491 e. The molecule has 0 bridgehead atoms. The standard InChI is InChI=1S/C16H17NO3S/c1-19-10-11-20-14-6-4-13(5-7-14)17-16(18)9-8-15-3-2-12-21-15/h2-9,12H,10-11H2,1H3,(H,17,18)/b9-8+. The topological polar surface area (TPSA) is 47.6 Å². The Hall–Kier alpha value is -2.11. The van der Waals surface area contributed by atoms with Gasteiger partial charge in [0.1, 0.15) is 12.4 Å². The van der Waals surface area contributed by atoms with Crippen LogP contribution in [0.25, 0.3) is 6.08 Å². The van der Waals surface area contributed by atoms with Crippen molar-refractivity contribution in [3.63, 3.8) is 0 Å². The fourth-order valence-electron chi connectivity index (χ4n) is 1.61. The summed E-state index contributed by atoms with van der Waals surface area (Å²) in [5.41, 5.74) is 0.731. The minimum atomic E-state index is -0.156. The van der Waals surface area contributed by atoms with E-state index in [2.05, 4.69) is 5.32 Å². The van der Waals surface area contributed by atoms with E-state index in [1.54, 1.807) is 36.7 Å². The van der Waals surface area contributed by atoms with Crippen molar-refractivity contribution in [2.45, 2.75) is 0 Å². The summed E-state index contributed by atoms with van der Waals surface area (Å²) in [6.45, 7) is 1.05. The molecule has 1 heterocycles. The van der Waals surface area contributed by atoms with E-state index in [-0.39, 0.29) is 5.91 Å². The summed E-state index contributed by atoms with van der Waals surface area (Å²) < 4.78 is 10.4. The maximum Gasteiger partial charge on any atom is 0.248 e. The lowest BCUT2D eigenvalue weighted by Gasteiger charge is -2.06. The van der Waals surface area contributed by atoms with Gasteiger partial charge in [0.25, 0.3) is 0 Å². The monoisotopic (exact) mass is 303 g/mol. The van der Waals surface area contributed by atoms with E-state index in [1.165, 1.54) is 6.08 Å². The summed E-state index contributed by atoms with van der Waals surface area (Å²) in [4.78, 5) is 12.8. The molecule has 0 fully saturated rings. The number of methoxy groups -OCH3 is 1. The average molecular weight is 303 g/mol. The lowest BCUT2D eigenvalue weighted by molar-refractivity contribution is -0.111. The summed E-state index contributed by atoms with van der Waals surface area (Å²) in [5, 5.41) is 4.77. The highest BCUT2D eigenvalue weighted by Gasteiger charge is 1.99.